The van der Waals surface area contributed by atoms with Crippen LogP contribution in [0.3, 0.4) is 0 Å². The van der Waals surface area contributed by atoms with Crippen LogP contribution in [0.2, 0.25) is 0 Å². The van der Waals surface area contributed by atoms with E-state index in [9.17, 15) is 0 Å². The predicted molar refractivity (Wildman–Crippen MR) is 138 cm³/mol. The van der Waals surface area contributed by atoms with E-state index in [-0.39, 0.29) is 12.3 Å². The molecule has 4 heterocycles. The molecule has 0 saturated carbocycles. The van der Waals surface area contributed by atoms with Crippen molar-refractivity contribution in [1.29, 1.82) is 0 Å². The predicted octanol–water partition coefficient (Wildman–Crippen LogP) is 5.00. The second kappa shape index (κ2) is 9.09. The zero-order valence-corrected chi connectivity index (χ0v) is 21.3. The highest BCUT2D eigenvalue weighted by Gasteiger charge is 2.27. The summed E-state index contributed by atoms with van der Waals surface area (Å²) in [6, 6.07) is 10.5. The van der Waals surface area contributed by atoms with Gasteiger partial charge >= 0.3 is 0 Å². The highest BCUT2D eigenvalue weighted by Crippen LogP contribution is 2.38. The molecule has 8 heteroatoms. The van der Waals surface area contributed by atoms with Gasteiger partial charge in [0.2, 0.25) is 0 Å². The lowest BCUT2D eigenvalue weighted by molar-refractivity contribution is 0.0511. The molecule has 1 saturated heterocycles. The normalized spacial score (nSPS) is 16.5. The van der Waals surface area contributed by atoms with Crippen molar-refractivity contribution in [1.82, 2.24) is 20.3 Å². The van der Waals surface area contributed by atoms with Gasteiger partial charge < -0.3 is 24.1 Å². The van der Waals surface area contributed by atoms with E-state index in [0.29, 0.717) is 23.3 Å². The molecule has 1 aliphatic rings. The van der Waals surface area contributed by atoms with Crippen molar-refractivity contribution in [3.63, 3.8) is 0 Å². The summed E-state index contributed by atoms with van der Waals surface area (Å²) >= 11 is 0. The van der Waals surface area contributed by atoms with Gasteiger partial charge in [-0.25, -0.2) is 15.0 Å². The minimum Gasteiger partial charge on any atom is -0.466 e. The Morgan fingerprint density at radius 2 is 1.86 bits per heavy atom. The smallest absolute Gasteiger partial charge is 0.192 e. The van der Waals surface area contributed by atoms with E-state index in [0.717, 1.165) is 58.7 Å². The summed E-state index contributed by atoms with van der Waals surface area (Å²) in [6.45, 7) is 12.5. The average Bonchev–Trinajstić information content (AvgIpc) is 3.42. The first-order chi connectivity index (χ1) is 16.7. The summed E-state index contributed by atoms with van der Waals surface area (Å²) in [5.41, 5.74) is 5.82. The maximum atomic E-state index is 5.96. The standard InChI is InChI=1S/C27H33N5O3/c1-16-25-23(35-17(2)28-25)13-19(26(16)34-15-33-6)20-7-8-22-21(29-20)9-10-24(30-22)32-12-11-18(14-32)31-27(3,4)5/h7-10,13,18,31H,11-12,14-15H2,1-6H3. The molecule has 1 aliphatic heterocycles. The first kappa shape index (κ1) is 23.5. The number of hydrogen-bond donors (Lipinski definition) is 1. The first-order valence-electron chi connectivity index (χ1n) is 12.0. The van der Waals surface area contributed by atoms with E-state index >= 15 is 0 Å². The SMILES string of the molecule is COCOc1c(-c2ccc3nc(N4CCC(NC(C)(C)C)C4)ccc3n2)cc2oc(C)nc2c1C. The van der Waals surface area contributed by atoms with Crippen molar-refractivity contribution in [2.45, 2.75) is 52.6 Å². The Labute approximate surface area is 205 Å². The van der Waals surface area contributed by atoms with Gasteiger partial charge in [-0.3, -0.25) is 0 Å². The molecular weight excluding hydrogens is 442 g/mol. The maximum Gasteiger partial charge on any atom is 0.192 e. The van der Waals surface area contributed by atoms with Gasteiger partial charge in [0, 0.05) is 49.8 Å². The number of rotatable bonds is 6. The van der Waals surface area contributed by atoms with Gasteiger partial charge in [0.05, 0.1) is 16.7 Å². The Kier molecular flexibility index (Phi) is 6.11. The van der Waals surface area contributed by atoms with Gasteiger partial charge in [0.25, 0.3) is 0 Å². The minimum absolute atomic E-state index is 0.107. The molecule has 0 bridgehead atoms. The number of oxazole rings is 1. The molecule has 0 amide bonds. The van der Waals surface area contributed by atoms with E-state index in [1.807, 2.05) is 38.1 Å². The molecule has 0 radical (unpaired) electrons. The molecule has 4 aromatic rings. The van der Waals surface area contributed by atoms with Gasteiger partial charge in [-0.1, -0.05) is 0 Å². The Morgan fingerprint density at radius 1 is 1.09 bits per heavy atom. The van der Waals surface area contributed by atoms with Gasteiger partial charge in [0.1, 0.15) is 17.1 Å². The number of aryl methyl sites for hydroxylation is 2. The van der Waals surface area contributed by atoms with Gasteiger partial charge in [-0.15, -0.1) is 0 Å². The van der Waals surface area contributed by atoms with E-state index in [4.69, 9.17) is 23.9 Å². The van der Waals surface area contributed by atoms with E-state index in [1.165, 1.54) is 0 Å². The topological polar surface area (TPSA) is 85.5 Å². The number of aromatic nitrogens is 3. The highest BCUT2D eigenvalue weighted by atomic mass is 16.7. The van der Waals surface area contributed by atoms with Crippen molar-refractivity contribution in [2.24, 2.45) is 0 Å². The quantitative estimate of drug-likeness (QED) is 0.390. The van der Waals surface area contributed by atoms with Crippen molar-refractivity contribution >= 4 is 28.0 Å². The molecule has 3 aromatic heterocycles. The fourth-order valence-corrected chi connectivity index (χ4v) is 4.83. The monoisotopic (exact) mass is 475 g/mol. The fourth-order valence-electron chi connectivity index (χ4n) is 4.83. The first-order valence-corrected chi connectivity index (χ1v) is 12.0. The Morgan fingerprint density at radius 3 is 2.63 bits per heavy atom. The van der Waals surface area contributed by atoms with Crippen LogP contribution in [0.1, 0.15) is 38.6 Å². The van der Waals surface area contributed by atoms with Crippen molar-refractivity contribution < 1.29 is 13.9 Å². The molecule has 8 nitrogen and oxygen atoms in total. The number of ether oxygens (including phenoxy) is 2. The molecule has 0 spiro atoms. The largest absolute Gasteiger partial charge is 0.466 e. The van der Waals surface area contributed by atoms with Crippen LogP contribution in [0.5, 0.6) is 5.75 Å². The van der Waals surface area contributed by atoms with Crippen LogP contribution in [-0.4, -0.2) is 53.5 Å². The molecular formula is C27H33N5O3. The fraction of sp³-hybridized carbons (Fsp3) is 0.444. The van der Waals surface area contributed by atoms with Gasteiger partial charge in [-0.2, -0.15) is 0 Å². The minimum atomic E-state index is 0.107. The summed E-state index contributed by atoms with van der Waals surface area (Å²) in [7, 11) is 1.60. The average molecular weight is 476 g/mol. The van der Waals surface area contributed by atoms with Gasteiger partial charge in [0.15, 0.2) is 18.3 Å². The van der Waals surface area contributed by atoms with E-state index in [2.05, 4.69) is 42.0 Å². The molecule has 184 valence electrons. The van der Waals surface area contributed by atoms with Crippen molar-refractivity contribution in [3.8, 4) is 17.0 Å². The molecule has 1 N–H and O–H groups in total. The molecule has 5 rings (SSSR count). The summed E-state index contributed by atoms with van der Waals surface area (Å²) in [6.07, 6.45) is 1.11. The molecule has 0 aliphatic carbocycles. The molecule has 35 heavy (non-hydrogen) atoms. The maximum absolute atomic E-state index is 5.96. The van der Waals surface area contributed by atoms with Crippen LogP contribution in [0.4, 0.5) is 5.82 Å². The third kappa shape index (κ3) is 4.81. The highest BCUT2D eigenvalue weighted by molar-refractivity contribution is 5.89. The second-order valence-electron chi connectivity index (χ2n) is 10.2. The van der Waals surface area contributed by atoms with Crippen LogP contribution in [0, 0.1) is 13.8 Å². The van der Waals surface area contributed by atoms with Crippen LogP contribution in [0.15, 0.2) is 34.7 Å². The van der Waals surface area contributed by atoms with E-state index in [1.54, 1.807) is 7.11 Å². The third-order valence-electron chi connectivity index (χ3n) is 6.25. The Bertz CT molecular complexity index is 1380. The van der Waals surface area contributed by atoms with Crippen LogP contribution in [0.25, 0.3) is 33.4 Å². The molecule has 1 aromatic carbocycles. The van der Waals surface area contributed by atoms with Gasteiger partial charge in [-0.05, 0) is 64.4 Å². The van der Waals surface area contributed by atoms with Crippen LogP contribution < -0.4 is 15.0 Å². The van der Waals surface area contributed by atoms with E-state index < -0.39 is 0 Å². The molecule has 1 fully saturated rings. The summed E-state index contributed by atoms with van der Waals surface area (Å²) < 4.78 is 17.0. The number of hydrogen-bond acceptors (Lipinski definition) is 8. The Hall–Kier alpha value is -3.23. The number of nitrogens with one attached hydrogen (secondary N) is 1. The molecule has 1 unspecified atom stereocenters. The van der Waals surface area contributed by atoms with Crippen LogP contribution >= 0.6 is 0 Å². The summed E-state index contributed by atoms with van der Waals surface area (Å²) in [5, 5.41) is 3.70. The lowest BCUT2D eigenvalue weighted by Crippen LogP contribution is -2.44. The molecule has 1 atom stereocenters. The summed E-state index contributed by atoms with van der Waals surface area (Å²) in [4.78, 5) is 16.7. The van der Waals surface area contributed by atoms with Crippen molar-refractivity contribution in [2.75, 3.05) is 31.9 Å². The number of pyridine rings is 2. The summed E-state index contributed by atoms with van der Waals surface area (Å²) in [5.74, 6) is 2.30. The lowest BCUT2D eigenvalue weighted by atomic mass is 10.0. The zero-order valence-electron chi connectivity index (χ0n) is 21.3. The number of anilines is 1. The van der Waals surface area contributed by atoms with Crippen molar-refractivity contribution in [3.05, 3.63) is 41.8 Å². The zero-order chi connectivity index (χ0) is 24.7. The number of methoxy groups -OCH3 is 1. The third-order valence-corrected chi connectivity index (χ3v) is 6.25. The lowest BCUT2D eigenvalue weighted by Gasteiger charge is -2.26. The second-order valence-corrected chi connectivity index (χ2v) is 10.2. The number of nitrogens with zero attached hydrogens (tertiary/aromatic N) is 4. The van der Waals surface area contributed by atoms with Crippen LogP contribution in [-0.2, 0) is 4.74 Å². The Balaban J connectivity index is 1.48. The number of benzene rings is 1. The number of fused-ring (bicyclic) bond motifs is 2.